The minimum Gasteiger partial charge on any atom is -0.366 e. The number of thiophene rings is 1. The molecule has 1 fully saturated rings. The van der Waals surface area contributed by atoms with Crippen LogP contribution in [0.3, 0.4) is 0 Å². The van der Waals surface area contributed by atoms with E-state index in [1.165, 1.54) is 12.3 Å². The van der Waals surface area contributed by atoms with E-state index in [0.29, 0.717) is 30.0 Å². The molecule has 0 spiro atoms. The van der Waals surface area contributed by atoms with Crippen LogP contribution in [0.2, 0.25) is 0 Å². The lowest BCUT2D eigenvalue weighted by molar-refractivity contribution is -0.115. The molecule has 2 N–H and O–H groups in total. The largest absolute Gasteiger partial charge is 0.366 e. The van der Waals surface area contributed by atoms with E-state index in [0.717, 1.165) is 41.7 Å². The minimum atomic E-state index is 0.145. The molecular weight excluding hydrogens is 362 g/mol. The summed E-state index contributed by atoms with van der Waals surface area (Å²) >= 11 is 1.63. The minimum absolute atomic E-state index is 0.145. The molecule has 3 aromatic rings. The van der Waals surface area contributed by atoms with Gasteiger partial charge in [-0.25, -0.2) is 4.98 Å². The Bertz CT molecular complexity index is 929. The maximum atomic E-state index is 11.6. The number of rotatable bonds is 7. The highest BCUT2D eigenvalue weighted by atomic mass is 32.1. The Kier molecular flexibility index (Phi) is 5.15. The van der Waals surface area contributed by atoms with Crippen LogP contribution in [0, 0.1) is 5.92 Å². The topological polar surface area (TPSA) is 92.9 Å². The van der Waals surface area contributed by atoms with Crippen molar-refractivity contribution in [2.75, 3.05) is 10.6 Å². The fourth-order valence-electron chi connectivity index (χ4n) is 3.49. The standard InChI is InChI=1S/C19H21N5O2S/c1-2-15(25)9-12-3-5-13(6-4-12)21-18-17-16(7-8-27-17)23-19(24-18)22-14-10-20-26-11-14/h2,7-8,10-13H,1,3-6,9H2,(H2,21,22,23,24). The highest BCUT2D eigenvalue weighted by Gasteiger charge is 2.23. The summed E-state index contributed by atoms with van der Waals surface area (Å²) in [5, 5.41) is 12.4. The van der Waals surface area contributed by atoms with Crippen LogP contribution in [0.25, 0.3) is 10.2 Å². The van der Waals surface area contributed by atoms with Crippen molar-refractivity contribution in [3.05, 3.63) is 36.6 Å². The summed E-state index contributed by atoms with van der Waals surface area (Å²) < 4.78 is 5.90. The zero-order valence-electron chi connectivity index (χ0n) is 14.9. The maximum absolute atomic E-state index is 11.6. The average Bonchev–Trinajstić information content (AvgIpc) is 3.35. The van der Waals surface area contributed by atoms with Gasteiger partial charge in [-0.1, -0.05) is 11.7 Å². The zero-order chi connectivity index (χ0) is 18.6. The molecule has 0 saturated heterocycles. The van der Waals surface area contributed by atoms with Crippen molar-refractivity contribution in [3.63, 3.8) is 0 Å². The van der Waals surface area contributed by atoms with Crippen LogP contribution in [-0.4, -0.2) is 26.9 Å². The van der Waals surface area contributed by atoms with E-state index in [1.54, 1.807) is 17.5 Å². The fourth-order valence-corrected chi connectivity index (χ4v) is 4.27. The number of ketones is 1. The van der Waals surface area contributed by atoms with Gasteiger partial charge in [0, 0.05) is 12.5 Å². The third kappa shape index (κ3) is 4.16. The Balaban J connectivity index is 1.46. The van der Waals surface area contributed by atoms with Gasteiger partial charge in [-0.05, 0) is 49.1 Å². The molecule has 0 atom stereocenters. The molecule has 0 bridgehead atoms. The van der Waals surface area contributed by atoms with Crippen LogP contribution >= 0.6 is 11.3 Å². The summed E-state index contributed by atoms with van der Waals surface area (Å²) in [5.74, 6) is 1.97. The first kappa shape index (κ1) is 17.7. The van der Waals surface area contributed by atoms with Gasteiger partial charge in [0.1, 0.15) is 17.8 Å². The Labute approximate surface area is 160 Å². The zero-order valence-corrected chi connectivity index (χ0v) is 15.7. The Morgan fingerprint density at radius 2 is 2.19 bits per heavy atom. The van der Waals surface area contributed by atoms with Crippen molar-refractivity contribution in [2.45, 2.75) is 38.1 Å². The van der Waals surface area contributed by atoms with E-state index in [2.05, 4.69) is 32.3 Å². The van der Waals surface area contributed by atoms with Crippen molar-refractivity contribution in [3.8, 4) is 0 Å². The number of allylic oxidation sites excluding steroid dienone is 1. The van der Waals surface area contributed by atoms with E-state index < -0.39 is 0 Å². The second-order valence-electron chi connectivity index (χ2n) is 6.81. The molecule has 0 aliphatic heterocycles. The summed E-state index contributed by atoms with van der Waals surface area (Å²) in [6.07, 6.45) is 9.29. The second-order valence-corrected chi connectivity index (χ2v) is 7.72. The average molecular weight is 383 g/mol. The van der Waals surface area contributed by atoms with Gasteiger partial charge in [-0.2, -0.15) is 4.98 Å². The number of hydrogen-bond donors (Lipinski definition) is 2. The van der Waals surface area contributed by atoms with Gasteiger partial charge in [0.25, 0.3) is 0 Å². The summed E-state index contributed by atoms with van der Waals surface area (Å²) in [4.78, 5) is 20.8. The molecule has 0 amide bonds. The molecule has 0 unspecified atom stereocenters. The summed E-state index contributed by atoms with van der Waals surface area (Å²) in [7, 11) is 0. The van der Waals surface area contributed by atoms with Crippen molar-refractivity contribution in [2.24, 2.45) is 5.92 Å². The molecule has 27 heavy (non-hydrogen) atoms. The fraction of sp³-hybridized carbons (Fsp3) is 0.368. The number of carbonyl (C=O) groups excluding carboxylic acids is 1. The first-order valence-corrected chi connectivity index (χ1v) is 9.92. The van der Waals surface area contributed by atoms with Crippen LogP contribution in [0.1, 0.15) is 32.1 Å². The number of hydrogen-bond acceptors (Lipinski definition) is 8. The van der Waals surface area contributed by atoms with Crippen molar-refractivity contribution >= 4 is 44.8 Å². The number of carbonyl (C=O) groups is 1. The maximum Gasteiger partial charge on any atom is 0.229 e. The molecule has 4 rings (SSSR count). The lowest BCUT2D eigenvalue weighted by Crippen LogP contribution is -2.27. The summed E-state index contributed by atoms with van der Waals surface area (Å²) in [6.45, 7) is 3.56. The van der Waals surface area contributed by atoms with Gasteiger partial charge >= 0.3 is 0 Å². The Hall–Kier alpha value is -2.74. The van der Waals surface area contributed by atoms with Crippen LogP contribution in [0.5, 0.6) is 0 Å². The van der Waals surface area contributed by atoms with Gasteiger partial charge in [0.2, 0.25) is 5.95 Å². The first-order chi connectivity index (χ1) is 13.2. The van der Waals surface area contributed by atoms with Gasteiger partial charge < -0.3 is 15.2 Å². The number of nitrogens with one attached hydrogen (secondary N) is 2. The molecule has 0 radical (unpaired) electrons. The second kappa shape index (κ2) is 7.87. The van der Waals surface area contributed by atoms with Crippen LogP contribution < -0.4 is 10.6 Å². The summed E-state index contributed by atoms with van der Waals surface area (Å²) in [5.41, 5.74) is 1.62. The predicted octanol–water partition coefficient (Wildman–Crippen LogP) is 4.54. The molecule has 1 aliphatic carbocycles. The summed E-state index contributed by atoms with van der Waals surface area (Å²) in [6, 6.07) is 2.34. The van der Waals surface area contributed by atoms with Crippen molar-refractivity contribution < 1.29 is 9.32 Å². The van der Waals surface area contributed by atoms with Gasteiger partial charge in [0.05, 0.1) is 16.4 Å². The number of anilines is 3. The Morgan fingerprint density at radius 3 is 2.93 bits per heavy atom. The van der Waals surface area contributed by atoms with Crippen molar-refractivity contribution in [1.82, 2.24) is 15.1 Å². The molecule has 3 heterocycles. The lowest BCUT2D eigenvalue weighted by atomic mass is 9.83. The molecule has 140 valence electrons. The van der Waals surface area contributed by atoms with Crippen LogP contribution in [0.15, 0.2) is 41.1 Å². The van der Waals surface area contributed by atoms with E-state index in [-0.39, 0.29) is 5.78 Å². The quantitative estimate of drug-likeness (QED) is 0.579. The predicted molar refractivity (Wildman–Crippen MR) is 106 cm³/mol. The van der Waals surface area contributed by atoms with Gasteiger partial charge in [0.15, 0.2) is 5.78 Å². The van der Waals surface area contributed by atoms with E-state index >= 15 is 0 Å². The van der Waals surface area contributed by atoms with Gasteiger partial charge in [-0.15, -0.1) is 11.3 Å². The van der Waals surface area contributed by atoms with Crippen molar-refractivity contribution in [1.29, 1.82) is 0 Å². The third-order valence-corrected chi connectivity index (χ3v) is 5.81. The van der Waals surface area contributed by atoms with Crippen LogP contribution in [0.4, 0.5) is 17.5 Å². The van der Waals surface area contributed by atoms with Crippen LogP contribution in [-0.2, 0) is 4.79 Å². The van der Waals surface area contributed by atoms with Gasteiger partial charge in [-0.3, -0.25) is 4.79 Å². The molecule has 7 nitrogen and oxygen atoms in total. The first-order valence-electron chi connectivity index (χ1n) is 9.04. The lowest BCUT2D eigenvalue weighted by Gasteiger charge is -2.29. The molecule has 8 heteroatoms. The monoisotopic (exact) mass is 383 g/mol. The molecular formula is C19H21N5O2S. The third-order valence-electron chi connectivity index (χ3n) is 4.90. The molecule has 1 aliphatic rings. The molecule has 3 aromatic heterocycles. The number of nitrogens with zero attached hydrogens (tertiary/aromatic N) is 3. The van der Waals surface area contributed by atoms with E-state index in [4.69, 9.17) is 4.52 Å². The highest BCUT2D eigenvalue weighted by molar-refractivity contribution is 7.17. The smallest absolute Gasteiger partial charge is 0.229 e. The van der Waals surface area contributed by atoms with E-state index in [9.17, 15) is 4.79 Å². The molecule has 1 saturated carbocycles. The highest BCUT2D eigenvalue weighted by Crippen LogP contribution is 2.33. The number of aromatic nitrogens is 3. The SMILES string of the molecule is C=CC(=O)CC1CCC(Nc2nc(Nc3cnoc3)nc3ccsc23)CC1. The van der Waals surface area contributed by atoms with E-state index in [1.807, 2.05) is 11.4 Å². The number of fused-ring (bicyclic) bond motifs is 1. The molecule has 0 aromatic carbocycles. The normalized spacial score (nSPS) is 19.7. The Morgan fingerprint density at radius 1 is 1.33 bits per heavy atom.